The number of hydrogen-bond acceptors (Lipinski definition) is 3. The van der Waals surface area contributed by atoms with Crippen molar-refractivity contribution < 1.29 is 4.74 Å². The highest BCUT2D eigenvalue weighted by atomic mass is 16.5. The third-order valence-corrected chi connectivity index (χ3v) is 2.73. The summed E-state index contributed by atoms with van der Waals surface area (Å²) in [6.07, 6.45) is 0. The fourth-order valence-corrected chi connectivity index (χ4v) is 1.74. The highest BCUT2D eigenvalue weighted by Gasteiger charge is 2.16. The van der Waals surface area contributed by atoms with Gasteiger partial charge in [-0.15, -0.1) is 0 Å². The number of nitrogens with zero attached hydrogens (tertiary/aromatic N) is 2. The molecule has 0 saturated carbocycles. The zero-order valence-corrected chi connectivity index (χ0v) is 10.1. The van der Waals surface area contributed by atoms with Crippen molar-refractivity contribution >= 4 is 0 Å². The number of benzene rings is 1. The van der Waals surface area contributed by atoms with Gasteiger partial charge in [0.05, 0.1) is 13.2 Å². The average Bonchev–Trinajstić information content (AvgIpc) is 2.36. The van der Waals surface area contributed by atoms with Crippen molar-refractivity contribution in [2.45, 2.75) is 19.9 Å². The molecule has 1 rings (SSSR count). The summed E-state index contributed by atoms with van der Waals surface area (Å²) < 4.78 is 5.10. The summed E-state index contributed by atoms with van der Waals surface area (Å²) in [6, 6.07) is 9.86. The van der Waals surface area contributed by atoms with E-state index in [1.54, 1.807) is 7.11 Å². The molecule has 0 bridgehead atoms. The Hall–Kier alpha value is -1.53. The first-order valence-electron chi connectivity index (χ1n) is 5.54. The first-order valence-corrected chi connectivity index (χ1v) is 5.54. The fraction of sp³-hybridized carbons (Fsp3) is 0.462. The van der Waals surface area contributed by atoms with Crippen LogP contribution in [-0.2, 0) is 0 Å². The fourth-order valence-electron chi connectivity index (χ4n) is 1.74. The van der Waals surface area contributed by atoms with Crippen molar-refractivity contribution in [1.29, 1.82) is 5.26 Å². The molecule has 0 spiro atoms. The molecule has 0 aliphatic heterocycles. The molecule has 86 valence electrons. The lowest BCUT2D eigenvalue weighted by Gasteiger charge is -2.24. The Morgan fingerprint density at radius 3 is 2.19 bits per heavy atom. The van der Waals surface area contributed by atoms with Crippen molar-refractivity contribution in [3.63, 3.8) is 0 Å². The van der Waals surface area contributed by atoms with Crippen LogP contribution in [0.4, 0.5) is 0 Å². The molecule has 0 N–H and O–H groups in total. The lowest BCUT2D eigenvalue weighted by molar-refractivity contribution is 0.262. The molecule has 0 aromatic heterocycles. The molecule has 0 heterocycles. The molecular weight excluding hydrogens is 200 g/mol. The Morgan fingerprint density at radius 1 is 1.25 bits per heavy atom. The van der Waals surface area contributed by atoms with Crippen LogP contribution in [0.15, 0.2) is 24.3 Å². The summed E-state index contributed by atoms with van der Waals surface area (Å²) in [6.45, 7) is 5.89. The second-order valence-electron chi connectivity index (χ2n) is 3.53. The predicted molar refractivity (Wildman–Crippen MR) is 64.3 cm³/mol. The van der Waals surface area contributed by atoms with Crippen LogP contribution in [0, 0.1) is 11.3 Å². The predicted octanol–water partition coefficient (Wildman–Crippen LogP) is 2.60. The van der Waals surface area contributed by atoms with Gasteiger partial charge in [-0.1, -0.05) is 26.0 Å². The number of hydrogen-bond donors (Lipinski definition) is 0. The van der Waals surface area contributed by atoms with Gasteiger partial charge in [0, 0.05) is 0 Å². The zero-order chi connectivity index (χ0) is 12.0. The summed E-state index contributed by atoms with van der Waals surface area (Å²) in [5.74, 6) is 0.819. The topological polar surface area (TPSA) is 36.3 Å². The Bertz CT molecular complexity index is 349. The van der Waals surface area contributed by atoms with Crippen LogP contribution >= 0.6 is 0 Å². The van der Waals surface area contributed by atoms with Crippen LogP contribution in [0.25, 0.3) is 0 Å². The minimum Gasteiger partial charge on any atom is -0.497 e. The molecule has 1 aromatic rings. The van der Waals surface area contributed by atoms with Crippen molar-refractivity contribution in [3.8, 4) is 11.8 Å². The van der Waals surface area contributed by atoms with E-state index in [1.165, 1.54) is 0 Å². The third kappa shape index (κ3) is 2.74. The Kier molecular flexibility index (Phi) is 4.81. The quantitative estimate of drug-likeness (QED) is 0.762. The van der Waals surface area contributed by atoms with E-state index >= 15 is 0 Å². The number of methoxy groups -OCH3 is 1. The Balaban J connectivity index is 2.91. The van der Waals surface area contributed by atoms with Crippen LogP contribution in [0.2, 0.25) is 0 Å². The van der Waals surface area contributed by atoms with Gasteiger partial charge in [-0.05, 0) is 30.8 Å². The molecule has 1 aromatic carbocycles. The van der Waals surface area contributed by atoms with E-state index in [-0.39, 0.29) is 6.04 Å². The molecule has 3 heteroatoms. The van der Waals surface area contributed by atoms with E-state index in [2.05, 4.69) is 24.8 Å². The maximum atomic E-state index is 9.22. The molecule has 0 unspecified atom stereocenters. The van der Waals surface area contributed by atoms with Gasteiger partial charge in [0.1, 0.15) is 11.8 Å². The van der Waals surface area contributed by atoms with Gasteiger partial charge < -0.3 is 4.74 Å². The summed E-state index contributed by atoms with van der Waals surface area (Å²) in [7, 11) is 1.64. The van der Waals surface area contributed by atoms with Crippen LogP contribution in [-0.4, -0.2) is 25.1 Å². The molecule has 0 radical (unpaired) electrons. The minimum absolute atomic E-state index is 0.166. The van der Waals surface area contributed by atoms with E-state index in [9.17, 15) is 5.26 Å². The standard InChI is InChI=1S/C13H18N2O/c1-4-15(5-2)13(10-14)11-6-8-12(16-3)9-7-11/h6-9,13H,4-5H2,1-3H3/t13-/m0/s1. The van der Waals surface area contributed by atoms with Gasteiger partial charge in [0.25, 0.3) is 0 Å². The summed E-state index contributed by atoms with van der Waals surface area (Å²) >= 11 is 0. The van der Waals surface area contributed by atoms with Crippen molar-refractivity contribution in [2.75, 3.05) is 20.2 Å². The molecule has 3 nitrogen and oxygen atoms in total. The van der Waals surface area contributed by atoms with Gasteiger partial charge in [-0.25, -0.2) is 0 Å². The van der Waals surface area contributed by atoms with Gasteiger partial charge in [-0.2, -0.15) is 5.26 Å². The molecule has 0 aliphatic rings. The molecule has 1 atom stereocenters. The summed E-state index contributed by atoms with van der Waals surface area (Å²) in [5.41, 5.74) is 1.02. The number of rotatable bonds is 5. The first-order chi connectivity index (χ1) is 7.76. The molecule has 0 saturated heterocycles. The largest absolute Gasteiger partial charge is 0.497 e. The van der Waals surface area contributed by atoms with E-state index in [0.717, 1.165) is 24.4 Å². The SMILES string of the molecule is CCN(CC)[C@@H](C#N)c1ccc(OC)cc1. The van der Waals surface area contributed by atoms with Crippen LogP contribution < -0.4 is 4.74 Å². The van der Waals surface area contributed by atoms with E-state index in [4.69, 9.17) is 4.74 Å². The van der Waals surface area contributed by atoms with E-state index < -0.39 is 0 Å². The minimum atomic E-state index is -0.166. The van der Waals surface area contributed by atoms with Crippen LogP contribution in [0.5, 0.6) is 5.75 Å². The smallest absolute Gasteiger partial charge is 0.123 e. The first kappa shape index (κ1) is 12.5. The van der Waals surface area contributed by atoms with Gasteiger partial charge in [0.2, 0.25) is 0 Å². The zero-order valence-electron chi connectivity index (χ0n) is 10.1. The second-order valence-corrected chi connectivity index (χ2v) is 3.53. The number of ether oxygens (including phenoxy) is 1. The monoisotopic (exact) mass is 218 g/mol. The summed E-state index contributed by atoms with van der Waals surface area (Å²) in [4.78, 5) is 2.13. The highest BCUT2D eigenvalue weighted by molar-refractivity contribution is 5.31. The Morgan fingerprint density at radius 2 is 1.81 bits per heavy atom. The third-order valence-electron chi connectivity index (χ3n) is 2.73. The molecule has 0 fully saturated rings. The number of nitriles is 1. The molecule has 0 aliphatic carbocycles. The van der Waals surface area contributed by atoms with E-state index in [1.807, 2.05) is 24.3 Å². The van der Waals surface area contributed by atoms with Crippen molar-refractivity contribution in [2.24, 2.45) is 0 Å². The van der Waals surface area contributed by atoms with Crippen LogP contribution in [0.1, 0.15) is 25.5 Å². The summed E-state index contributed by atoms with van der Waals surface area (Å²) in [5, 5.41) is 9.22. The molecular formula is C13H18N2O. The Labute approximate surface area is 97.3 Å². The molecule has 0 amide bonds. The van der Waals surface area contributed by atoms with Gasteiger partial charge in [-0.3, -0.25) is 4.90 Å². The van der Waals surface area contributed by atoms with Crippen LogP contribution in [0.3, 0.4) is 0 Å². The average molecular weight is 218 g/mol. The maximum Gasteiger partial charge on any atom is 0.123 e. The lowest BCUT2D eigenvalue weighted by atomic mass is 10.1. The lowest BCUT2D eigenvalue weighted by Crippen LogP contribution is -2.27. The molecule has 16 heavy (non-hydrogen) atoms. The van der Waals surface area contributed by atoms with E-state index in [0.29, 0.717) is 0 Å². The van der Waals surface area contributed by atoms with Crippen molar-refractivity contribution in [3.05, 3.63) is 29.8 Å². The normalized spacial score (nSPS) is 12.2. The van der Waals surface area contributed by atoms with Gasteiger partial charge >= 0.3 is 0 Å². The second kappa shape index (κ2) is 6.14. The highest BCUT2D eigenvalue weighted by Crippen LogP contribution is 2.22. The van der Waals surface area contributed by atoms with Gasteiger partial charge in [0.15, 0.2) is 0 Å². The van der Waals surface area contributed by atoms with Crippen molar-refractivity contribution in [1.82, 2.24) is 4.90 Å². The maximum absolute atomic E-state index is 9.22.